The number of hydrogen-bond acceptors (Lipinski definition) is 3. The first-order valence-electron chi connectivity index (χ1n) is 9.23. The summed E-state index contributed by atoms with van der Waals surface area (Å²) in [6, 6.07) is 12.3. The van der Waals surface area contributed by atoms with Crippen LogP contribution in [0.2, 0.25) is 0 Å². The van der Waals surface area contributed by atoms with Crippen LogP contribution in [0.15, 0.2) is 60.9 Å². The van der Waals surface area contributed by atoms with Crippen molar-refractivity contribution in [3.8, 4) is 16.9 Å². The van der Waals surface area contributed by atoms with Crippen LogP contribution in [0.4, 0.5) is 23.7 Å². The fourth-order valence-electron chi connectivity index (χ4n) is 2.88. The highest BCUT2D eigenvalue weighted by Crippen LogP contribution is 2.25. The van der Waals surface area contributed by atoms with Crippen LogP contribution in [0.25, 0.3) is 11.1 Å². The Morgan fingerprint density at radius 1 is 1.17 bits per heavy atom. The van der Waals surface area contributed by atoms with Crippen LogP contribution in [-0.2, 0) is 6.54 Å². The Labute approximate surface area is 171 Å². The predicted octanol–water partition coefficient (Wildman–Crippen LogP) is 5.42. The predicted molar refractivity (Wildman–Crippen MR) is 107 cm³/mol. The number of alkyl halides is 3. The molecule has 3 aromatic rings. The van der Waals surface area contributed by atoms with Gasteiger partial charge in [0.15, 0.2) is 0 Å². The average Bonchev–Trinajstić information content (AvgIpc) is 3.21. The maximum absolute atomic E-state index is 12.8. The van der Waals surface area contributed by atoms with Gasteiger partial charge < -0.3 is 15.0 Å². The fourth-order valence-corrected chi connectivity index (χ4v) is 2.88. The standard InChI is InChI=1S/C21H21F3N4O2/c1-14(2)28(13-15-4-3-5-16(10-15)17-11-25-26-12-17)20(29)27-18-6-8-19(9-7-18)30-21(22,23)24/h3-12,14H,13H2,1-2H3,(H,25,26)(H,27,29). The number of aromatic amines is 1. The number of anilines is 1. The molecule has 2 N–H and O–H groups in total. The second-order valence-electron chi connectivity index (χ2n) is 6.91. The summed E-state index contributed by atoms with van der Waals surface area (Å²) in [5, 5.41) is 9.43. The van der Waals surface area contributed by atoms with Crippen molar-refractivity contribution in [2.45, 2.75) is 32.8 Å². The molecule has 0 bridgehead atoms. The maximum Gasteiger partial charge on any atom is 0.573 e. The minimum atomic E-state index is -4.76. The lowest BCUT2D eigenvalue weighted by atomic mass is 10.1. The van der Waals surface area contributed by atoms with Crippen LogP contribution in [0.3, 0.4) is 0 Å². The third kappa shape index (κ3) is 5.76. The Morgan fingerprint density at radius 2 is 1.90 bits per heavy atom. The Bertz CT molecular complexity index is 971. The van der Waals surface area contributed by atoms with Gasteiger partial charge in [-0.25, -0.2) is 4.79 Å². The van der Waals surface area contributed by atoms with E-state index in [0.717, 1.165) is 28.8 Å². The third-order valence-corrected chi connectivity index (χ3v) is 4.33. The first-order chi connectivity index (χ1) is 14.2. The van der Waals surface area contributed by atoms with E-state index in [9.17, 15) is 18.0 Å². The number of aromatic nitrogens is 2. The summed E-state index contributed by atoms with van der Waals surface area (Å²) in [4.78, 5) is 14.4. The number of amides is 2. The molecule has 0 aliphatic heterocycles. The summed E-state index contributed by atoms with van der Waals surface area (Å²) in [7, 11) is 0. The van der Waals surface area contributed by atoms with Crippen molar-refractivity contribution < 1.29 is 22.7 Å². The Hall–Kier alpha value is -3.49. The Kier molecular flexibility index (Phi) is 6.29. The summed E-state index contributed by atoms with van der Waals surface area (Å²) in [5.41, 5.74) is 3.22. The van der Waals surface area contributed by atoms with Gasteiger partial charge in [0.2, 0.25) is 0 Å². The van der Waals surface area contributed by atoms with E-state index in [4.69, 9.17) is 0 Å². The van der Waals surface area contributed by atoms with Crippen LogP contribution in [0, 0.1) is 0 Å². The van der Waals surface area contributed by atoms with Crippen molar-refractivity contribution in [1.82, 2.24) is 15.1 Å². The zero-order valence-electron chi connectivity index (χ0n) is 16.4. The molecule has 0 radical (unpaired) electrons. The van der Waals surface area contributed by atoms with Gasteiger partial charge in [0.1, 0.15) is 5.75 Å². The number of H-pyrrole nitrogens is 1. The molecule has 30 heavy (non-hydrogen) atoms. The van der Waals surface area contributed by atoms with E-state index in [1.54, 1.807) is 17.3 Å². The van der Waals surface area contributed by atoms with Crippen LogP contribution >= 0.6 is 0 Å². The Morgan fingerprint density at radius 3 is 2.50 bits per heavy atom. The van der Waals surface area contributed by atoms with E-state index < -0.39 is 6.36 Å². The van der Waals surface area contributed by atoms with E-state index in [1.165, 1.54) is 12.1 Å². The first kappa shape index (κ1) is 21.2. The molecule has 6 nitrogen and oxygen atoms in total. The van der Waals surface area contributed by atoms with Gasteiger partial charge in [0, 0.05) is 30.0 Å². The second kappa shape index (κ2) is 8.89. The number of nitrogens with one attached hydrogen (secondary N) is 2. The molecule has 9 heteroatoms. The largest absolute Gasteiger partial charge is 0.573 e. The van der Waals surface area contributed by atoms with Gasteiger partial charge in [0.05, 0.1) is 6.20 Å². The van der Waals surface area contributed by atoms with Crippen LogP contribution in [0.5, 0.6) is 5.75 Å². The molecule has 0 fully saturated rings. The van der Waals surface area contributed by atoms with Gasteiger partial charge in [-0.3, -0.25) is 5.10 Å². The molecule has 3 rings (SSSR count). The highest BCUT2D eigenvalue weighted by atomic mass is 19.4. The van der Waals surface area contributed by atoms with E-state index in [-0.39, 0.29) is 17.8 Å². The number of benzene rings is 2. The van der Waals surface area contributed by atoms with E-state index in [0.29, 0.717) is 12.2 Å². The van der Waals surface area contributed by atoms with E-state index in [2.05, 4.69) is 20.3 Å². The monoisotopic (exact) mass is 418 g/mol. The topological polar surface area (TPSA) is 70.2 Å². The summed E-state index contributed by atoms with van der Waals surface area (Å²) in [6.07, 6.45) is -1.25. The number of halogens is 3. The molecule has 0 saturated heterocycles. The third-order valence-electron chi connectivity index (χ3n) is 4.33. The quantitative estimate of drug-likeness (QED) is 0.562. The van der Waals surface area contributed by atoms with Crippen LogP contribution in [-0.4, -0.2) is 33.5 Å². The van der Waals surface area contributed by atoms with Gasteiger partial charge in [-0.05, 0) is 55.3 Å². The summed E-state index contributed by atoms with van der Waals surface area (Å²) >= 11 is 0. The molecule has 158 valence electrons. The summed E-state index contributed by atoms with van der Waals surface area (Å²) in [6.45, 7) is 4.14. The molecule has 0 unspecified atom stereocenters. The highest BCUT2D eigenvalue weighted by molar-refractivity contribution is 5.89. The lowest BCUT2D eigenvalue weighted by molar-refractivity contribution is -0.274. The van der Waals surface area contributed by atoms with Crippen LogP contribution in [0.1, 0.15) is 19.4 Å². The lowest BCUT2D eigenvalue weighted by Crippen LogP contribution is -2.39. The molecule has 0 spiro atoms. The van der Waals surface area contributed by atoms with Crippen molar-refractivity contribution in [1.29, 1.82) is 0 Å². The number of carbonyl (C=O) groups is 1. The van der Waals surface area contributed by atoms with Crippen molar-refractivity contribution in [2.24, 2.45) is 0 Å². The zero-order valence-corrected chi connectivity index (χ0v) is 16.4. The van der Waals surface area contributed by atoms with E-state index in [1.807, 2.05) is 38.1 Å². The van der Waals surface area contributed by atoms with Gasteiger partial charge in [-0.2, -0.15) is 5.10 Å². The highest BCUT2D eigenvalue weighted by Gasteiger charge is 2.31. The molecule has 2 aromatic carbocycles. The summed E-state index contributed by atoms with van der Waals surface area (Å²) in [5.74, 6) is -0.350. The molecular formula is C21H21F3N4O2. The van der Waals surface area contributed by atoms with Crippen molar-refractivity contribution >= 4 is 11.7 Å². The molecule has 0 saturated carbocycles. The average molecular weight is 418 g/mol. The second-order valence-corrected chi connectivity index (χ2v) is 6.91. The molecule has 0 atom stereocenters. The minimum Gasteiger partial charge on any atom is -0.406 e. The number of urea groups is 1. The zero-order chi connectivity index (χ0) is 21.7. The van der Waals surface area contributed by atoms with E-state index >= 15 is 0 Å². The van der Waals surface area contributed by atoms with Crippen molar-refractivity contribution in [3.63, 3.8) is 0 Å². The van der Waals surface area contributed by atoms with Gasteiger partial charge in [0.25, 0.3) is 0 Å². The van der Waals surface area contributed by atoms with Gasteiger partial charge in [-0.15, -0.1) is 13.2 Å². The first-order valence-corrected chi connectivity index (χ1v) is 9.23. The fraction of sp³-hybridized carbons (Fsp3) is 0.238. The maximum atomic E-state index is 12.8. The molecular weight excluding hydrogens is 397 g/mol. The minimum absolute atomic E-state index is 0.101. The summed E-state index contributed by atoms with van der Waals surface area (Å²) < 4.78 is 40.6. The number of rotatable bonds is 6. The number of hydrogen-bond donors (Lipinski definition) is 2. The SMILES string of the molecule is CC(C)N(Cc1cccc(-c2cn[nH]c2)c1)C(=O)Nc1ccc(OC(F)(F)F)cc1. The lowest BCUT2D eigenvalue weighted by Gasteiger charge is -2.27. The number of ether oxygens (including phenoxy) is 1. The van der Waals surface area contributed by atoms with Gasteiger partial charge >= 0.3 is 12.4 Å². The molecule has 1 heterocycles. The molecule has 0 aliphatic rings. The smallest absolute Gasteiger partial charge is 0.406 e. The molecule has 1 aromatic heterocycles. The molecule has 0 aliphatic carbocycles. The van der Waals surface area contributed by atoms with Crippen molar-refractivity contribution in [3.05, 3.63) is 66.5 Å². The normalized spacial score (nSPS) is 11.4. The number of carbonyl (C=O) groups excluding carboxylic acids is 1. The van der Waals surface area contributed by atoms with Crippen LogP contribution < -0.4 is 10.1 Å². The van der Waals surface area contributed by atoms with Gasteiger partial charge in [-0.1, -0.05) is 18.2 Å². The van der Waals surface area contributed by atoms with Crippen molar-refractivity contribution in [2.75, 3.05) is 5.32 Å². The number of nitrogens with zero attached hydrogens (tertiary/aromatic N) is 2. The molecule has 2 amide bonds. The Balaban J connectivity index is 1.69.